The summed E-state index contributed by atoms with van der Waals surface area (Å²) >= 11 is 0. The Kier molecular flexibility index (Phi) is 4.55. The first-order valence-electron chi connectivity index (χ1n) is 6.31. The van der Waals surface area contributed by atoms with Crippen LogP contribution in [0.1, 0.15) is 18.7 Å². The van der Waals surface area contributed by atoms with E-state index in [0.717, 1.165) is 11.4 Å². The van der Waals surface area contributed by atoms with E-state index in [4.69, 9.17) is 0 Å². The van der Waals surface area contributed by atoms with Gasteiger partial charge in [0.1, 0.15) is 0 Å². The SMILES string of the molecule is COC(=O)Nc1ccc(NC(C)c2ccccn2)cc1. The molecule has 0 saturated carbocycles. The lowest BCUT2D eigenvalue weighted by atomic mass is 10.2. The number of methoxy groups -OCH3 is 1. The van der Waals surface area contributed by atoms with E-state index in [-0.39, 0.29) is 6.04 Å². The van der Waals surface area contributed by atoms with E-state index in [1.807, 2.05) is 49.4 Å². The molecule has 0 spiro atoms. The number of amides is 1. The quantitative estimate of drug-likeness (QED) is 0.894. The third kappa shape index (κ3) is 3.71. The van der Waals surface area contributed by atoms with Gasteiger partial charge in [-0.05, 0) is 43.3 Å². The van der Waals surface area contributed by atoms with E-state index < -0.39 is 6.09 Å². The van der Waals surface area contributed by atoms with Gasteiger partial charge in [0.2, 0.25) is 0 Å². The lowest BCUT2D eigenvalue weighted by Gasteiger charge is -2.15. The van der Waals surface area contributed by atoms with Crippen molar-refractivity contribution in [2.24, 2.45) is 0 Å². The van der Waals surface area contributed by atoms with Crippen molar-refractivity contribution in [3.05, 3.63) is 54.4 Å². The first-order valence-corrected chi connectivity index (χ1v) is 6.31. The third-order valence-corrected chi connectivity index (χ3v) is 2.83. The van der Waals surface area contributed by atoms with Gasteiger partial charge in [0.25, 0.3) is 0 Å². The van der Waals surface area contributed by atoms with Crippen LogP contribution in [0.2, 0.25) is 0 Å². The smallest absolute Gasteiger partial charge is 0.411 e. The number of anilines is 2. The van der Waals surface area contributed by atoms with Gasteiger partial charge in [0, 0.05) is 17.6 Å². The van der Waals surface area contributed by atoms with E-state index in [2.05, 4.69) is 20.4 Å². The fourth-order valence-corrected chi connectivity index (χ4v) is 1.77. The van der Waals surface area contributed by atoms with Crippen LogP contribution < -0.4 is 10.6 Å². The van der Waals surface area contributed by atoms with Crippen LogP contribution in [-0.2, 0) is 4.74 Å². The molecule has 2 rings (SSSR count). The van der Waals surface area contributed by atoms with Gasteiger partial charge < -0.3 is 10.1 Å². The second-order valence-electron chi connectivity index (χ2n) is 4.31. The highest BCUT2D eigenvalue weighted by atomic mass is 16.5. The molecule has 1 amide bonds. The van der Waals surface area contributed by atoms with Crippen LogP contribution in [0.5, 0.6) is 0 Å². The maximum atomic E-state index is 11.1. The molecule has 1 unspecified atom stereocenters. The number of nitrogens with zero attached hydrogens (tertiary/aromatic N) is 1. The second-order valence-corrected chi connectivity index (χ2v) is 4.31. The van der Waals surface area contributed by atoms with Crippen molar-refractivity contribution in [3.8, 4) is 0 Å². The summed E-state index contributed by atoms with van der Waals surface area (Å²) in [5.41, 5.74) is 2.62. The molecule has 0 saturated heterocycles. The highest BCUT2D eigenvalue weighted by Crippen LogP contribution is 2.19. The monoisotopic (exact) mass is 271 g/mol. The normalized spacial score (nSPS) is 11.5. The molecule has 5 heteroatoms. The van der Waals surface area contributed by atoms with Crippen molar-refractivity contribution < 1.29 is 9.53 Å². The zero-order valence-corrected chi connectivity index (χ0v) is 11.5. The van der Waals surface area contributed by atoms with Crippen LogP contribution in [-0.4, -0.2) is 18.2 Å². The zero-order chi connectivity index (χ0) is 14.4. The summed E-state index contributed by atoms with van der Waals surface area (Å²) in [4.78, 5) is 15.4. The summed E-state index contributed by atoms with van der Waals surface area (Å²) in [5, 5.41) is 5.95. The van der Waals surface area contributed by atoms with E-state index in [1.165, 1.54) is 7.11 Å². The number of hydrogen-bond donors (Lipinski definition) is 2. The summed E-state index contributed by atoms with van der Waals surface area (Å²) < 4.78 is 4.53. The molecule has 1 heterocycles. The highest BCUT2D eigenvalue weighted by molar-refractivity contribution is 5.84. The molecule has 0 fully saturated rings. The molecule has 1 atom stereocenters. The van der Waals surface area contributed by atoms with Gasteiger partial charge >= 0.3 is 6.09 Å². The van der Waals surface area contributed by atoms with Crippen LogP contribution >= 0.6 is 0 Å². The molecule has 0 aliphatic carbocycles. The molecule has 20 heavy (non-hydrogen) atoms. The van der Waals surface area contributed by atoms with E-state index in [9.17, 15) is 4.79 Å². The number of aromatic nitrogens is 1. The molecule has 104 valence electrons. The fourth-order valence-electron chi connectivity index (χ4n) is 1.77. The minimum atomic E-state index is -0.479. The van der Waals surface area contributed by atoms with Crippen molar-refractivity contribution in [3.63, 3.8) is 0 Å². The number of carbonyl (C=O) groups excluding carboxylic acids is 1. The maximum Gasteiger partial charge on any atom is 0.411 e. The minimum absolute atomic E-state index is 0.107. The first-order chi connectivity index (χ1) is 9.69. The van der Waals surface area contributed by atoms with Crippen LogP contribution in [0.15, 0.2) is 48.7 Å². The largest absolute Gasteiger partial charge is 0.453 e. The number of hydrogen-bond acceptors (Lipinski definition) is 4. The Morgan fingerprint density at radius 3 is 2.45 bits per heavy atom. The molecule has 5 nitrogen and oxygen atoms in total. The van der Waals surface area contributed by atoms with Crippen molar-refractivity contribution >= 4 is 17.5 Å². The summed E-state index contributed by atoms with van der Waals surface area (Å²) in [6, 6.07) is 13.3. The average Bonchev–Trinajstić information content (AvgIpc) is 2.50. The van der Waals surface area contributed by atoms with Gasteiger partial charge in [0.05, 0.1) is 18.8 Å². The maximum absolute atomic E-state index is 11.1. The number of pyridine rings is 1. The number of carbonyl (C=O) groups is 1. The standard InChI is InChI=1S/C15H17N3O2/c1-11(14-5-3-4-10-16-14)17-12-6-8-13(9-7-12)18-15(19)20-2/h3-11,17H,1-2H3,(H,18,19). The number of nitrogens with one attached hydrogen (secondary N) is 2. The minimum Gasteiger partial charge on any atom is -0.453 e. The fraction of sp³-hybridized carbons (Fsp3) is 0.200. The van der Waals surface area contributed by atoms with Gasteiger partial charge in [-0.1, -0.05) is 6.07 Å². The Labute approximate surface area is 118 Å². The van der Waals surface area contributed by atoms with Crippen molar-refractivity contribution in [2.45, 2.75) is 13.0 Å². The molecule has 2 aromatic rings. The van der Waals surface area contributed by atoms with Crippen LogP contribution in [0, 0.1) is 0 Å². The molecule has 1 aromatic carbocycles. The van der Waals surface area contributed by atoms with Gasteiger partial charge in [-0.15, -0.1) is 0 Å². The second kappa shape index (κ2) is 6.56. The lowest BCUT2D eigenvalue weighted by Crippen LogP contribution is -2.11. The average molecular weight is 271 g/mol. The molecular weight excluding hydrogens is 254 g/mol. The molecule has 0 bridgehead atoms. The van der Waals surface area contributed by atoms with Crippen molar-refractivity contribution in [1.29, 1.82) is 0 Å². The van der Waals surface area contributed by atoms with Crippen molar-refractivity contribution in [2.75, 3.05) is 17.7 Å². The summed E-state index contributed by atoms with van der Waals surface area (Å²) in [6.45, 7) is 2.04. The summed E-state index contributed by atoms with van der Waals surface area (Å²) in [5.74, 6) is 0. The van der Waals surface area contributed by atoms with Crippen LogP contribution in [0.3, 0.4) is 0 Å². The number of benzene rings is 1. The Bertz CT molecular complexity index is 555. The molecule has 0 aliphatic rings. The van der Waals surface area contributed by atoms with Crippen molar-refractivity contribution in [1.82, 2.24) is 4.98 Å². The summed E-state index contributed by atoms with van der Waals surface area (Å²) in [7, 11) is 1.33. The first kappa shape index (κ1) is 13.9. The third-order valence-electron chi connectivity index (χ3n) is 2.83. The van der Waals surface area contributed by atoms with Gasteiger partial charge in [-0.2, -0.15) is 0 Å². The predicted octanol–water partition coefficient (Wildman–Crippen LogP) is 3.43. The highest BCUT2D eigenvalue weighted by Gasteiger charge is 2.06. The van der Waals surface area contributed by atoms with E-state index in [1.54, 1.807) is 6.20 Å². The van der Waals surface area contributed by atoms with Crippen LogP contribution in [0.25, 0.3) is 0 Å². The summed E-state index contributed by atoms with van der Waals surface area (Å²) in [6.07, 6.45) is 1.30. The topological polar surface area (TPSA) is 63.2 Å². The van der Waals surface area contributed by atoms with Gasteiger partial charge in [0.15, 0.2) is 0 Å². The molecular formula is C15H17N3O2. The van der Waals surface area contributed by atoms with E-state index in [0.29, 0.717) is 5.69 Å². The molecule has 0 aliphatic heterocycles. The molecule has 1 aromatic heterocycles. The predicted molar refractivity (Wildman–Crippen MR) is 78.7 cm³/mol. The van der Waals surface area contributed by atoms with Gasteiger partial charge in [-0.25, -0.2) is 4.79 Å². The molecule has 2 N–H and O–H groups in total. The Morgan fingerprint density at radius 2 is 1.85 bits per heavy atom. The van der Waals surface area contributed by atoms with E-state index >= 15 is 0 Å². The lowest BCUT2D eigenvalue weighted by molar-refractivity contribution is 0.187. The Morgan fingerprint density at radius 1 is 1.15 bits per heavy atom. The zero-order valence-electron chi connectivity index (χ0n) is 11.5. The van der Waals surface area contributed by atoms with Gasteiger partial charge in [-0.3, -0.25) is 10.3 Å². The number of ether oxygens (including phenoxy) is 1. The number of rotatable bonds is 4. The molecule has 0 radical (unpaired) electrons. The Balaban J connectivity index is 1.98. The Hall–Kier alpha value is -2.56. The van der Waals surface area contributed by atoms with Crippen LogP contribution in [0.4, 0.5) is 16.2 Å².